The number of carboxylic acid groups (broad SMARTS) is 2. The van der Waals surface area contributed by atoms with E-state index < -0.39 is 23.8 Å². The topological polar surface area (TPSA) is 100 Å². The first-order valence-electron chi connectivity index (χ1n) is 11.6. The Kier molecular flexibility index (Phi) is 6.55. The zero-order valence-electron chi connectivity index (χ0n) is 19.8. The molecule has 0 spiro atoms. The van der Waals surface area contributed by atoms with Gasteiger partial charge in [0.15, 0.2) is 0 Å². The Labute approximate surface area is 215 Å². The lowest BCUT2D eigenvalue weighted by Crippen LogP contribution is -2.11. The molecular formula is C28H24N2O4S2. The summed E-state index contributed by atoms with van der Waals surface area (Å²) in [4.78, 5) is 36.6. The number of hydrogen-bond acceptors (Lipinski definition) is 6. The summed E-state index contributed by atoms with van der Waals surface area (Å²) in [5.74, 6) is -2.57. The van der Waals surface area contributed by atoms with Crippen LogP contribution in [0.15, 0.2) is 60.7 Å². The van der Waals surface area contributed by atoms with Crippen LogP contribution < -0.4 is 0 Å². The van der Waals surface area contributed by atoms with Crippen molar-refractivity contribution in [3.8, 4) is 21.1 Å². The summed E-state index contributed by atoms with van der Waals surface area (Å²) in [6, 6.07) is 20.1. The molecule has 3 heterocycles. The molecule has 0 aliphatic rings. The molecule has 0 bridgehead atoms. The van der Waals surface area contributed by atoms with Gasteiger partial charge in [0.25, 0.3) is 0 Å². The molecule has 8 heteroatoms. The van der Waals surface area contributed by atoms with Crippen LogP contribution >= 0.6 is 22.7 Å². The zero-order valence-corrected chi connectivity index (χ0v) is 21.4. The molecule has 2 N–H and O–H groups in total. The van der Waals surface area contributed by atoms with Gasteiger partial charge in [-0.15, -0.1) is 22.7 Å². The number of carbonyl (C=O) groups is 2. The first-order chi connectivity index (χ1) is 17.3. The minimum atomic E-state index is -0.815. The van der Waals surface area contributed by atoms with Crippen molar-refractivity contribution in [2.45, 2.75) is 26.7 Å². The molecule has 0 fully saturated rings. The van der Waals surface area contributed by atoms with Crippen molar-refractivity contribution >= 4 is 56.4 Å². The van der Waals surface area contributed by atoms with E-state index in [1.807, 2.05) is 48.5 Å². The van der Waals surface area contributed by atoms with Gasteiger partial charge in [-0.05, 0) is 60.0 Å². The molecule has 3 aromatic heterocycles. The average Bonchev–Trinajstić information content (AvgIpc) is 3.51. The van der Waals surface area contributed by atoms with Crippen LogP contribution in [0.2, 0.25) is 0 Å². The summed E-state index contributed by atoms with van der Waals surface area (Å²) < 4.78 is 0. The quantitative estimate of drug-likeness (QED) is 0.221. The van der Waals surface area contributed by atoms with Crippen LogP contribution in [0.4, 0.5) is 0 Å². The number of aromatic nitrogens is 2. The number of benzene rings is 2. The molecule has 36 heavy (non-hydrogen) atoms. The van der Waals surface area contributed by atoms with Gasteiger partial charge in [-0.2, -0.15) is 0 Å². The fourth-order valence-electron chi connectivity index (χ4n) is 4.09. The molecule has 0 aliphatic heterocycles. The van der Waals surface area contributed by atoms with Gasteiger partial charge in [-0.25, -0.2) is 9.97 Å². The van der Waals surface area contributed by atoms with Crippen LogP contribution in [0.3, 0.4) is 0 Å². The maximum absolute atomic E-state index is 11.3. The van der Waals surface area contributed by atoms with Gasteiger partial charge in [0, 0.05) is 9.75 Å². The molecule has 0 radical (unpaired) electrons. The van der Waals surface area contributed by atoms with Gasteiger partial charge in [0.1, 0.15) is 11.4 Å². The molecule has 2 aromatic carbocycles. The van der Waals surface area contributed by atoms with Gasteiger partial charge in [0.2, 0.25) is 0 Å². The second-order valence-electron chi connectivity index (χ2n) is 9.03. The largest absolute Gasteiger partial charge is 0.481 e. The highest BCUT2D eigenvalue weighted by Crippen LogP contribution is 2.39. The van der Waals surface area contributed by atoms with Crippen LogP contribution in [-0.4, -0.2) is 32.1 Å². The molecule has 6 nitrogen and oxygen atoms in total. The van der Waals surface area contributed by atoms with E-state index in [2.05, 4.69) is 12.1 Å². The van der Waals surface area contributed by atoms with Crippen molar-refractivity contribution in [2.24, 2.45) is 11.8 Å². The number of aliphatic carboxylic acids is 2. The standard InChI is InChI=1S/C28H24N2O4S2/c1-15(27(31)32)11-19-7-9-23(35-19)25-26(24-10-8-20(36-24)12-16(2)28(33)34)30-22-14-18-6-4-3-5-17(18)13-21(22)29-25/h3-10,13-16H,11-12H2,1-2H3,(H,31,32)(H,33,34). The molecule has 182 valence electrons. The average molecular weight is 517 g/mol. The fourth-order valence-corrected chi connectivity index (χ4v) is 6.35. The molecule has 0 amide bonds. The van der Waals surface area contributed by atoms with Crippen molar-refractivity contribution in [3.05, 3.63) is 70.4 Å². The summed E-state index contributed by atoms with van der Waals surface area (Å²) in [7, 11) is 0. The number of rotatable bonds is 8. The fraction of sp³-hybridized carbons (Fsp3) is 0.214. The minimum absolute atomic E-state index is 0.456. The second-order valence-corrected chi connectivity index (χ2v) is 11.4. The van der Waals surface area contributed by atoms with E-state index in [0.29, 0.717) is 12.8 Å². The zero-order chi connectivity index (χ0) is 25.4. The third-order valence-electron chi connectivity index (χ3n) is 6.18. The highest BCUT2D eigenvalue weighted by molar-refractivity contribution is 7.16. The van der Waals surface area contributed by atoms with Gasteiger partial charge in [-0.3, -0.25) is 9.59 Å². The van der Waals surface area contributed by atoms with E-state index in [0.717, 1.165) is 52.7 Å². The maximum Gasteiger partial charge on any atom is 0.306 e. The van der Waals surface area contributed by atoms with Crippen LogP contribution in [-0.2, 0) is 22.4 Å². The molecule has 2 atom stereocenters. The molecule has 5 aromatic rings. The number of hydrogen-bond donors (Lipinski definition) is 2. The highest BCUT2D eigenvalue weighted by atomic mass is 32.1. The molecule has 2 unspecified atom stereocenters. The second kappa shape index (κ2) is 9.79. The number of nitrogens with zero attached hydrogens (tertiary/aromatic N) is 2. The minimum Gasteiger partial charge on any atom is -0.481 e. The summed E-state index contributed by atoms with van der Waals surface area (Å²) in [6.07, 6.45) is 0.911. The lowest BCUT2D eigenvalue weighted by molar-refractivity contribution is -0.142. The van der Waals surface area contributed by atoms with Gasteiger partial charge >= 0.3 is 11.9 Å². The molecule has 0 saturated heterocycles. The number of carboxylic acids is 2. The Morgan fingerprint density at radius 1 is 0.722 bits per heavy atom. The first-order valence-corrected chi connectivity index (χ1v) is 13.3. The van der Waals surface area contributed by atoms with Gasteiger partial charge in [0.05, 0.1) is 32.6 Å². The Morgan fingerprint density at radius 2 is 1.14 bits per heavy atom. The van der Waals surface area contributed by atoms with Crippen molar-refractivity contribution in [1.82, 2.24) is 9.97 Å². The number of thiophene rings is 2. The molecular weight excluding hydrogens is 492 g/mol. The number of fused-ring (bicyclic) bond motifs is 2. The van der Waals surface area contributed by atoms with Crippen molar-refractivity contribution in [3.63, 3.8) is 0 Å². The molecule has 5 rings (SSSR count). The van der Waals surface area contributed by atoms with Crippen molar-refractivity contribution in [1.29, 1.82) is 0 Å². The predicted molar refractivity (Wildman–Crippen MR) is 145 cm³/mol. The monoisotopic (exact) mass is 516 g/mol. The van der Waals surface area contributed by atoms with Crippen molar-refractivity contribution in [2.75, 3.05) is 0 Å². The summed E-state index contributed by atoms with van der Waals surface area (Å²) in [6.45, 7) is 3.42. The Balaban J connectivity index is 1.63. The smallest absolute Gasteiger partial charge is 0.306 e. The lowest BCUT2D eigenvalue weighted by Gasteiger charge is -2.09. The van der Waals surface area contributed by atoms with Gasteiger partial charge < -0.3 is 10.2 Å². The summed E-state index contributed by atoms with van der Waals surface area (Å²) in [5.41, 5.74) is 3.07. The normalized spacial score (nSPS) is 13.2. The lowest BCUT2D eigenvalue weighted by atomic mass is 10.1. The Morgan fingerprint density at radius 3 is 1.53 bits per heavy atom. The summed E-state index contributed by atoms with van der Waals surface area (Å²) in [5, 5.41) is 20.8. The van der Waals surface area contributed by atoms with Crippen LogP contribution in [0.25, 0.3) is 42.9 Å². The van der Waals surface area contributed by atoms with E-state index >= 15 is 0 Å². The van der Waals surface area contributed by atoms with Crippen LogP contribution in [0, 0.1) is 11.8 Å². The van der Waals surface area contributed by atoms with Crippen LogP contribution in [0.1, 0.15) is 23.6 Å². The summed E-state index contributed by atoms with van der Waals surface area (Å²) >= 11 is 3.07. The van der Waals surface area contributed by atoms with E-state index in [1.54, 1.807) is 13.8 Å². The van der Waals surface area contributed by atoms with Gasteiger partial charge in [-0.1, -0.05) is 38.1 Å². The Hall–Kier alpha value is -3.62. The third kappa shape index (κ3) is 4.87. The molecule has 0 saturated carbocycles. The van der Waals surface area contributed by atoms with Crippen molar-refractivity contribution < 1.29 is 19.8 Å². The van der Waals surface area contributed by atoms with E-state index in [-0.39, 0.29) is 0 Å². The predicted octanol–water partition coefficient (Wildman–Crippen LogP) is 6.77. The maximum atomic E-state index is 11.3. The first kappa shape index (κ1) is 24.1. The SMILES string of the molecule is CC(Cc1ccc(-c2nc3cc4ccccc4cc3nc2-c2ccc(CC(C)C(=O)O)s2)s1)C(=O)O. The molecule has 0 aliphatic carbocycles. The van der Waals surface area contributed by atoms with E-state index in [1.165, 1.54) is 22.7 Å². The van der Waals surface area contributed by atoms with E-state index in [9.17, 15) is 19.8 Å². The Bertz CT molecular complexity index is 1490. The third-order valence-corrected chi connectivity index (χ3v) is 8.41. The van der Waals surface area contributed by atoms with Crippen LogP contribution in [0.5, 0.6) is 0 Å². The van der Waals surface area contributed by atoms with E-state index in [4.69, 9.17) is 9.97 Å². The highest BCUT2D eigenvalue weighted by Gasteiger charge is 2.20.